The molecule has 0 spiro atoms. The quantitative estimate of drug-likeness (QED) is 0.914. The number of hydrogen-bond donors (Lipinski definition) is 1. The lowest BCUT2D eigenvalue weighted by molar-refractivity contribution is 0.424. The van der Waals surface area contributed by atoms with Gasteiger partial charge in [0.15, 0.2) is 0 Å². The summed E-state index contributed by atoms with van der Waals surface area (Å²) in [5, 5.41) is 12.2. The SMILES string of the molecule is Cc1cc(Cn2cc(CNC(C)(C)C)cn2)n(C)n1. The molecule has 0 aromatic carbocycles. The Labute approximate surface area is 114 Å². The van der Waals surface area contributed by atoms with Crippen LogP contribution in [0.2, 0.25) is 0 Å². The van der Waals surface area contributed by atoms with Gasteiger partial charge in [-0.2, -0.15) is 10.2 Å². The maximum absolute atomic E-state index is 4.40. The Morgan fingerprint density at radius 3 is 2.63 bits per heavy atom. The summed E-state index contributed by atoms with van der Waals surface area (Å²) in [6.07, 6.45) is 4.00. The Kier molecular flexibility index (Phi) is 3.75. The minimum Gasteiger partial charge on any atom is -0.308 e. The van der Waals surface area contributed by atoms with E-state index < -0.39 is 0 Å². The first kappa shape index (κ1) is 13.8. The van der Waals surface area contributed by atoms with Crippen molar-refractivity contribution < 1.29 is 0 Å². The molecule has 2 rings (SSSR count). The van der Waals surface area contributed by atoms with Gasteiger partial charge in [0.1, 0.15) is 0 Å². The van der Waals surface area contributed by atoms with Crippen LogP contribution in [0.4, 0.5) is 0 Å². The van der Waals surface area contributed by atoms with Crippen LogP contribution in [0.3, 0.4) is 0 Å². The van der Waals surface area contributed by atoms with Crippen molar-refractivity contribution in [2.75, 3.05) is 0 Å². The van der Waals surface area contributed by atoms with Crippen LogP contribution >= 0.6 is 0 Å². The zero-order valence-electron chi connectivity index (χ0n) is 12.4. The van der Waals surface area contributed by atoms with Crippen LogP contribution in [0.1, 0.15) is 37.7 Å². The maximum Gasteiger partial charge on any atom is 0.0828 e. The van der Waals surface area contributed by atoms with Crippen molar-refractivity contribution in [2.24, 2.45) is 7.05 Å². The lowest BCUT2D eigenvalue weighted by atomic mass is 10.1. The summed E-state index contributed by atoms with van der Waals surface area (Å²) in [5.41, 5.74) is 3.53. The van der Waals surface area contributed by atoms with Crippen LogP contribution in [0.25, 0.3) is 0 Å². The first-order chi connectivity index (χ1) is 8.83. The van der Waals surface area contributed by atoms with Crippen LogP contribution in [-0.2, 0) is 20.1 Å². The van der Waals surface area contributed by atoms with E-state index in [0.29, 0.717) is 0 Å². The molecule has 2 aromatic heterocycles. The van der Waals surface area contributed by atoms with Crippen molar-refractivity contribution >= 4 is 0 Å². The van der Waals surface area contributed by atoms with Crippen LogP contribution in [0, 0.1) is 6.92 Å². The van der Waals surface area contributed by atoms with E-state index in [1.54, 1.807) is 0 Å². The van der Waals surface area contributed by atoms with Gasteiger partial charge in [0.2, 0.25) is 0 Å². The normalized spacial score (nSPS) is 12.1. The molecule has 0 aliphatic carbocycles. The van der Waals surface area contributed by atoms with E-state index in [9.17, 15) is 0 Å². The Bertz CT molecular complexity index is 544. The van der Waals surface area contributed by atoms with Gasteiger partial charge in [0.25, 0.3) is 0 Å². The molecular formula is C14H23N5. The van der Waals surface area contributed by atoms with Gasteiger partial charge in [-0.15, -0.1) is 0 Å². The lowest BCUT2D eigenvalue weighted by Gasteiger charge is -2.19. The molecule has 0 saturated heterocycles. The van der Waals surface area contributed by atoms with Gasteiger partial charge in [-0.3, -0.25) is 9.36 Å². The van der Waals surface area contributed by atoms with Gasteiger partial charge in [-0.05, 0) is 33.8 Å². The highest BCUT2D eigenvalue weighted by atomic mass is 15.3. The number of aromatic nitrogens is 4. The fraction of sp³-hybridized carbons (Fsp3) is 0.571. The average Bonchev–Trinajstić information content (AvgIpc) is 2.83. The van der Waals surface area contributed by atoms with Gasteiger partial charge in [-0.25, -0.2) is 0 Å². The van der Waals surface area contributed by atoms with Gasteiger partial charge in [0, 0.05) is 30.9 Å². The van der Waals surface area contributed by atoms with Crippen molar-refractivity contribution in [3.05, 3.63) is 35.4 Å². The zero-order valence-corrected chi connectivity index (χ0v) is 12.4. The van der Waals surface area contributed by atoms with Crippen LogP contribution in [0.5, 0.6) is 0 Å². The van der Waals surface area contributed by atoms with Crippen LogP contribution < -0.4 is 5.32 Å². The number of nitrogens with one attached hydrogen (secondary N) is 1. The smallest absolute Gasteiger partial charge is 0.0828 e. The molecule has 0 unspecified atom stereocenters. The molecule has 104 valence electrons. The van der Waals surface area contributed by atoms with Gasteiger partial charge < -0.3 is 5.32 Å². The summed E-state index contributed by atoms with van der Waals surface area (Å²) in [5.74, 6) is 0. The second kappa shape index (κ2) is 5.17. The standard InChI is InChI=1S/C14H23N5/c1-11-6-13(18(5)17-11)10-19-9-12(8-16-19)7-15-14(2,3)4/h6,8-9,15H,7,10H2,1-5H3. The Morgan fingerprint density at radius 2 is 2.05 bits per heavy atom. The Balaban J connectivity index is 1.99. The summed E-state index contributed by atoms with van der Waals surface area (Å²) in [4.78, 5) is 0. The van der Waals surface area contributed by atoms with E-state index in [4.69, 9.17) is 0 Å². The third-order valence-electron chi connectivity index (χ3n) is 2.93. The van der Waals surface area contributed by atoms with E-state index in [1.807, 2.05) is 29.5 Å². The molecule has 1 N–H and O–H groups in total. The maximum atomic E-state index is 4.40. The third kappa shape index (κ3) is 3.92. The molecule has 0 radical (unpaired) electrons. The lowest BCUT2D eigenvalue weighted by Crippen LogP contribution is -2.34. The Morgan fingerprint density at radius 1 is 1.32 bits per heavy atom. The molecule has 0 fully saturated rings. The molecular weight excluding hydrogens is 238 g/mol. The van der Waals surface area contributed by atoms with Crippen molar-refractivity contribution in [3.63, 3.8) is 0 Å². The predicted molar refractivity (Wildman–Crippen MR) is 75.9 cm³/mol. The molecule has 2 heterocycles. The van der Waals surface area contributed by atoms with Gasteiger partial charge in [-0.1, -0.05) is 0 Å². The second-order valence-electron chi connectivity index (χ2n) is 6.05. The summed E-state index contributed by atoms with van der Waals surface area (Å²) in [7, 11) is 1.97. The van der Waals surface area contributed by atoms with Crippen molar-refractivity contribution in [3.8, 4) is 0 Å². The minimum atomic E-state index is 0.126. The molecule has 0 amide bonds. The topological polar surface area (TPSA) is 47.7 Å². The molecule has 5 nitrogen and oxygen atoms in total. The minimum absolute atomic E-state index is 0.126. The van der Waals surface area contributed by atoms with Crippen molar-refractivity contribution in [1.82, 2.24) is 24.9 Å². The number of hydrogen-bond acceptors (Lipinski definition) is 3. The number of nitrogens with zero attached hydrogens (tertiary/aromatic N) is 4. The summed E-state index contributed by atoms with van der Waals surface area (Å²) >= 11 is 0. The molecule has 2 aromatic rings. The average molecular weight is 261 g/mol. The van der Waals surface area contributed by atoms with Crippen LogP contribution in [0.15, 0.2) is 18.5 Å². The van der Waals surface area contributed by atoms with E-state index in [1.165, 1.54) is 5.56 Å². The highest BCUT2D eigenvalue weighted by Gasteiger charge is 2.09. The summed E-state index contributed by atoms with van der Waals surface area (Å²) < 4.78 is 3.86. The fourth-order valence-electron chi connectivity index (χ4n) is 1.93. The van der Waals surface area contributed by atoms with Gasteiger partial charge in [0.05, 0.1) is 24.1 Å². The molecule has 5 heteroatoms. The predicted octanol–water partition coefficient (Wildman–Crippen LogP) is 1.86. The number of aryl methyl sites for hydroxylation is 2. The van der Waals surface area contributed by atoms with Gasteiger partial charge >= 0.3 is 0 Å². The first-order valence-electron chi connectivity index (χ1n) is 6.59. The van der Waals surface area contributed by atoms with Crippen molar-refractivity contribution in [1.29, 1.82) is 0 Å². The summed E-state index contributed by atoms with van der Waals surface area (Å²) in [6.45, 7) is 10.1. The first-order valence-corrected chi connectivity index (χ1v) is 6.59. The monoisotopic (exact) mass is 261 g/mol. The largest absolute Gasteiger partial charge is 0.308 e. The molecule has 0 bridgehead atoms. The van der Waals surface area contributed by atoms with E-state index in [-0.39, 0.29) is 5.54 Å². The second-order valence-corrected chi connectivity index (χ2v) is 6.05. The van der Waals surface area contributed by atoms with E-state index in [0.717, 1.165) is 24.5 Å². The van der Waals surface area contributed by atoms with E-state index in [2.05, 4.69) is 48.5 Å². The van der Waals surface area contributed by atoms with Crippen molar-refractivity contribution in [2.45, 2.75) is 46.3 Å². The molecule has 19 heavy (non-hydrogen) atoms. The Hall–Kier alpha value is -1.62. The van der Waals surface area contributed by atoms with E-state index >= 15 is 0 Å². The molecule has 0 aliphatic rings. The summed E-state index contributed by atoms with van der Waals surface area (Å²) in [6, 6.07) is 2.09. The molecule has 0 aliphatic heterocycles. The zero-order chi connectivity index (χ0) is 14.0. The molecule has 0 atom stereocenters. The highest BCUT2D eigenvalue weighted by Crippen LogP contribution is 2.07. The number of rotatable bonds is 4. The fourth-order valence-corrected chi connectivity index (χ4v) is 1.93. The molecule has 0 saturated carbocycles. The van der Waals surface area contributed by atoms with Crippen LogP contribution in [-0.4, -0.2) is 25.1 Å². The third-order valence-corrected chi connectivity index (χ3v) is 2.93. The highest BCUT2D eigenvalue weighted by molar-refractivity contribution is 5.10.